The van der Waals surface area contributed by atoms with Crippen LogP contribution in [0.2, 0.25) is 0 Å². The predicted molar refractivity (Wildman–Crippen MR) is 126 cm³/mol. The molecule has 0 aromatic heterocycles. The lowest BCUT2D eigenvalue weighted by Gasteiger charge is -2.20. The van der Waals surface area contributed by atoms with E-state index in [-0.39, 0.29) is 0 Å². The summed E-state index contributed by atoms with van der Waals surface area (Å²) in [5.74, 6) is 2.11. The van der Waals surface area contributed by atoms with E-state index in [0.29, 0.717) is 24.5 Å². The summed E-state index contributed by atoms with van der Waals surface area (Å²) in [6, 6.07) is 11.1. The van der Waals surface area contributed by atoms with Gasteiger partial charge in [-0.3, -0.25) is 9.98 Å². The highest BCUT2D eigenvalue weighted by Gasteiger charge is 2.18. The lowest BCUT2D eigenvalue weighted by atomic mass is 9.92. The zero-order chi connectivity index (χ0) is 21.0. The Morgan fingerprint density at radius 2 is 2.00 bits per heavy atom. The van der Waals surface area contributed by atoms with Crippen molar-refractivity contribution >= 4 is 11.8 Å². The van der Waals surface area contributed by atoms with Gasteiger partial charge in [0.15, 0.2) is 5.96 Å². The molecule has 2 atom stereocenters. The first kappa shape index (κ1) is 22.2. The van der Waals surface area contributed by atoms with E-state index in [4.69, 9.17) is 16.5 Å². The van der Waals surface area contributed by atoms with Gasteiger partial charge in [0.1, 0.15) is 5.84 Å². The molecule has 0 radical (unpaired) electrons. The maximum absolute atomic E-state index is 5.71. The van der Waals surface area contributed by atoms with Crippen molar-refractivity contribution in [2.45, 2.75) is 44.6 Å². The number of nitrogens with zero attached hydrogens (tertiary/aromatic N) is 2. The monoisotopic (exact) mass is 411 g/mol. The average Bonchev–Trinajstić information content (AvgIpc) is 3.03. The standard InChI is InChI=1S/C23H37N7/c24-12-5-4-9-19(15-18-7-2-1-3-8-18)22-27-14-11-20(16-28-22)26-13-6-10-21-17-29-23(25)30-21/h1-3,7-8,11,19,21,26H,4-6,9-10,12-17,24H2,(H,27,28)(H3,25,29,30)/t19?,21-/m0/s1. The van der Waals surface area contributed by atoms with E-state index in [2.05, 4.69) is 57.4 Å². The second kappa shape index (κ2) is 12.2. The van der Waals surface area contributed by atoms with Gasteiger partial charge < -0.3 is 27.4 Å². The van der Waals surface area contributed by atoms with Crippen LogP contribution in [0.15, 0.2) is 52.1 Å². The average molecular weight is 412 g/mol. The summed E-state index contributed by atoms with van der Waals surface area (Å²) >= 11 is 0. The molecule has 3 rings (SSSR count). The zero-order valence-corrected chi connectivity index (χ0v) is 17.9. The van der Waals surface area contributed by atoms with Gasteiger partial charge in [-0.1, -0.05) is 36.8 Å². The van der Waals surface area contributed by atoms with Gasteiger partial charge in [0, 0.05) is 30.7 Å². The first-order valence-electron chi connectivity index (χ1n) is 11.3. The van der Waals surface area contributed by atoms with Crippen LogP contribution in [0.4, 0.5) is 0 Å². The molecule has 1 aromatic rings. The lowest BCUT2D eigenvalue weighted by molar-refractivity contribution is 0.555. The molecule has 7 heteroatoms. The highest BCUT2D eigenvalue weighted by molar-refractivity contribution is 5.85. The van der Waals surface area contributed by atoms with Crippen LogP contribution in [-0.4, -0.2) is 50.6 Å². The van der Waals surface area contributed by atoms with Crippen LogP contribution in [0.25, 0.3) is 0 Å². The third-order valence-corrected chi connectivity index (χ3v) is 5.69. The van der Waals surface area contributed by atoms with Crippen molar-refractivity contribution in [1.82, 2.24) is 16.0 Å². The Labute approximate surface area is 180 Å². The number of rotatable bonds is 12. The number of amidine groups is 1. The van der Waals surface area contributed by atoms with Crippen LogP contribution in [0.3, 0.4) is 0 Å². The molecule has 7 nitrogen and oxygen atoms in total. The zero-order valence-electron chi connectivity index (χ0n) is 17.9. The third kappa shape index (κ3) is 7.37. The molecule has 2 aliphatic heterocycles. The van der Waals surface area contributed by atoms with Crippen molar-refractivity contribution in [2.75, 3.05) is 32.7 Å². The smallest absolute Gasteiger partial charge is 0.188 e. The summed E-state index contributed by atoms with van der Waals surface area (Å²) in [5, 5.41) is 10.3. The van der Waals surface area contributed by atoms with Crippen LogP contribution >= 0.6 is 0 Å². The molecule has 1 unspecified atom stereocenters. The molecule has 2 heterocycles. The molecule has 0 spiro atoms. The minimum Gasteiger partial charge on any atom is -0.387 e. The van der Waals surface area contributed by atoms with E-state index in [1.165, 1.54) is 11.3 Å². The number of aliphatic imine (C=N–C) groups is 2. The highest BCUT2D eigenvalue weighted by atomic mass is 15.2. The summed E-state index contributed by atoms with van der Waals surface area (Å²) in [6.45, 7) is 4.01. The molecule has 30 heavy (non-hydrogen) atoms. The minimum absolute atomic E-state index is 0.383. The maximum atomic E-state index is 5.71. The summed E-state index contributed by atoms with van der Waals surface area (Å²) < 4.78 is 0. The number of hydrogen-bond donors (Lipinski definition) is 5. The first-order chi connectivity index (χ1) is 14.7. The summed E-state index contributed by atoms with van der Waals surface area (Å²) in [4.78, 5) is 9.14. The Bertz CT molecular complexity index is 726. The van der Waals surface area contributed by atoms with E-state index in [1.54, 1.807) is 0 Å². The fraction of sp³-hybridized carbons (Fsp3) is 0.565. The molecule has 1 aromatic carbocycles. The summed E-state index contributed by atoms with van der Waals surface area (Å²) in [6.07, 6.45) is 8.70. The largest absolute Gasteiger partial charge is 0.387 e. The van der Waals surface area contributed by atoms with Gasteiger partial charge in [0.2, 0.25) is 0 Å². The van der Waals surface area contributed by atoms with Gasteiger partial charge in [-0.2, -0.15) is 0 Å². The second-order valence-corrected chi connectivity index (χ2v) is 8.12. The number of unbranched alkanes of at least 4 members (excludes halogenated alkanes) is 1. The highest BCUT2D eigenvalue weighted by Crippen LogP contribution is 2.17. The Hall–Kier alpha value is -2.54. The Kier molecular flexibility index (Phi) is 9.03. The van der Waals surface area contributed by atoms with Crippen molar-refractivity contribution in [1.29, 1.82) is 0 Å². The summed E-state index contributed by atoms with van der Waals surface area (Å²) in [7, 11) is 0. The van der Waals surface area contributed by atoms with E-state index >= 15 is 0 Å². The van der Waals surface area contributed by atoms with Gasteiger partial charge in [-0.15, -0.1) is 0 Å². The number of nitrogens with one attached hydrogen (secondary N) is 3. The molecular weight excluding hydrogens is 374 g/mol. The van der Waals surface area contributed by atoms with Crippen molar-refractivity contribution in [3.05, 3.63) is 47.7 Å². The Morgan fingerprint density at radius 1 is 1.13 bits per heavy atom. The molecule has 0 fully saturated rings. The lowest BCUT2D eigenvalue weighted by Crippen LogP contribution is -2.35. The molecule has 0 aliphatic carbocycles. The molecule has 0 bridgehead atoms. The van der Waals surface area contributed by atoms with Gasteiger partial charge in [0.25, 0.3) is 0 Å². The second-order valence-electron chi connectivity index (χ2n) is 8.12. The topological polar surface area (TPSA) is 113 Å². The fourth-order valence-electron chi connectivity index (χ4n) is 4.01. The van der Waals surface area contributed by atoms with Crippen LogP contribution < -0.4 is 27.4 Å². The van der Waals surface area contributed by atoms with Crippen molar-refractivity contribution in [3.63, 3.8) is 0 Å². The van der Waals surface area contributed by atoms with Gasteiger partial charge in [-0.25, -0.2) is 0 Å². The number of nitrogens with two attached hydrogens (primary N) is 2. The first-order valence-corrected chi connectivity index (χ1v) is 11.3. The molecule has 164 valence electrons. The van der Waals surface area contributed by atoms with Crippen LogP contribution in [0, 0.1) is 5.92 Å². The van der Waals surface area contributed by atoms with E-state index in [9.17, 15) is 0 Å². The quantitative estimate of drug-likeness (QED) is 0.335. The van der Waals surface area contributed by atoms with E-state index < -0.39 is 0 Å². The van der Waals surface area contributed by atoms with Crippen molar-refractivity contribution in [2.24, 2.45) is 27.4 Å². The fourth-order valence-corrected chi connectivity index (χ4v) is 4.01. The van der Waals surface area contributed by atoms with E-state index in [1.807, 2.05) is 0 Å². The van der Waals surface area contributed by atoms with E-state index in [0.717, 1.165) is 70.5 Å². The van der Waals surface area contributed by atoms with Crippen LogP contribution in [0.5, 0.6) is 0 Å². The third-order valence-electron chi connectivity index (χ3n) is 5.69. The SMILES string of the molecule is NCCCCC(Cc1ccccc1)C1=NCC(NCCC[C@H]2CN=C(N)N2)=CCN1. The normalized spacial score (nSPS) is 19.6. The number of guanidine groups is 1. The van der Waals surface area contributed by atoms with Crippen molar-refractivity contribution < 1.29 is 0 Å². The molecule has 0 amide bonds. The Morgan fingerprint density at radius 3 is 2.77 bits per heavy atom. The van der Waals surface area contributed by atoms with Crippen molar-refractivity contribution in [3.8, 4) is 0 Å². The molecule has 7 N–H and O–H groups in total. The molecular formula is C23H37N7. The van der Waals surface area contributed by atoms with Crippen LogP contribution in [-0.2, 0) is 6.42 Å². The molecule has 2 aliphatic rings. The minimum atomic E-state index is 0.383. The maximum Gasteiger partial charge on any atom is 0.188 e. The molecule has 0 saturated carbocycles. The Balaban J connectivity index is 1.47. The van der Waals surface area contributed by atoms with Gasteiger partial charge >= 0.3 is 0 Å². The van der Waals surface area contributed by atoms with Crippen LogP contribution in [0.1, 0.15) is 37.7 Å². The predicted octanol–water partition coefficient (Wildman–Crippen LogP) is 1.52. The number of hydrogen-bond acceptors (Lipinski definition) is 7. The van der Waals surface area contributed by atoms with Gasteiger partial charge in [-0.05, 0) is 50.3 Å². The molecule has 0 saturated heterocycles. The number of benzene rings is 1. The summed E-state index contributed by atoms with van der Waals surface area (Å²) in [5.41, 5.74) is 14.0. The van der Waals surface area contributed by atoms with Gasteiger partial charge in [0.05, 0.1) is 13.1 Å².